The third-order valence-corrected chi connectivity index (χ3v) is 4.43. The van der Waals surface area contributed by atoms with Gasteiger partial charge in [-0.15, -0.1) is 0 Å². The third kappa shape index (κ3) is 3.31. The molecule has 1 saturated carbocycles. The summed E-state index contributed by atoms with van der Waals surface area (Å²) >= 11 is 0. The number of rotatable bonds is 2. The van der Waals surface area contributed by atoms with Crippen molar-refractivity contribution in [3.05, 3.63) is 35.0 Å². The number of aryl methyl sites for hydroxylation is 2. The summed E-state index contributed by atoms with van der Waals surface area (Å²) in [6, 6.07) is 6.97. The lowest BCUT2D eigenvalue weighted by molar-refractivity contribution is 0.578. The first-order valence-electron chi connectivity index (χ1n) is 5.94. The van der Waals surface area contributed by atoms with E-state index in [2.05, 4.69) is 32.0 Å². The van der Waals surface area contributed by atoms with Crippen LogP contribution in [0.15, 0.2) is 18.2 Å². The maximum absolute atomic E-state index is 2.35. The zero-order valence-electron chi connectivity index (χ0n) is 9.77. The van der Waals surface area contributed by atoms with Crippen molar-refractivity contribution in [1.29, 1.82) is 0 Å². The number of benzene rings is 1. The maximum atomic E-state index is 2.35. The molecule has 0 saturated heterocycles. The Bertz CT molecular complexity index is 304. The SMILES string of the molecule is Cc1cc(C)cc(P[C]2CCCCC2)c1. The zero-order valence-corrected chi connectivity index (χ0v) is 10.8. The standard InChI is InChI=1S/C14H20P/c1-11-8-12(2)10-14(9-11)15-13-6-4-3-5-7-13/h8-10,15H,3-7H2,1-2H3. The molecule has 1 fully saturated rings. The fraction of sp³-hybridized carbons (Fsp3) is 0.500. The molecule has 0 aliphatic heterocycles. The summed E-state index contributed by atoms with van der Waals surface area (Å²) in [7, 11) is 0.963. The Kier molecular flexibility index (Phi) is 3.81. The highest BCUT2D eigenvalue weighted by Crippen LogP contribution is 2.39. The van der Waals surface area contributed by atoms with Crippen molar-refractivity contribution in [3.8, 4) is 0 Å². The molecule has 2 rings (SSSR count). The molecule has 0 bridgehead atoms. The van der Waals surface area contributed by atoms with Crippen molar-refractivity contribution in [2.24, 2.45) is 0 Å². The molecule has 0 spiro atoms. The van der Waals surface area contributed by atoms with Crippen LogP contribution in [-0.4, -0.2) is 0 Å². The Labute approximate surface area is 95.3 Å². The van der Waals surface area contributed by atoms with Crippen molar-refractivity contribution >= 4 is 13.9 Å². The van der Waals surface area contributed by atoms with Gasteiger partial charge in [-0.05, 0) is 32.0 Å². The van der Waals surface area contributed by atoms with Gasteiger partial charge in [-0.25, -0.2) is 0 Å². The number of hydrogen-bond acceptors (Lipinski definition) is 0. The highest BCUT2D eigenvalue weighted by atomic mass is 31.1. The Morgan fingerprint density at radius 3 is 2.07 bits per heavy atom. The molecule has 0 amide bonds. The molecule has 0 nitrogen and oxygen atoms in total. The molecule has 1 atom stereocenters. The summed E-state index contributed by atoms with van der Waals surface area (Å²) in [5.41, 5.74) is 4.62. The van der Waals surface area contributed by atoms with Gasteiger partial charge in [-0.2, -0.15) is 0 Å². The van der Waals surface area contributed by atoms with Gasteiger partial charge in [-0.3, -0.25) is 0 Å². The predicted molar refractivity (Wildman–Crippen MR) is 70.2 cm³/mol. The van der Waals surface area contributed by atoms with Crippen LogP contribution in [0.2, 0.25) is 0 Å². The van der Waals surface area contributed by atoms with Crippen LogP contribution >= 0.6 is 8.58 Å². The minimum absolute atomic E-state index is 0.963. The van der Waals surface area contributed by atoms with Gasteiger partial charge < -0.3 is 0 Å². The van der Waals surface area contributed by atoms with Gasteiger partial charge in [0.1, 0.15) is 0 Å². The fourth-order valence-electron chi connectivity index (χ4n) is 2.35. The van der Waals surface area contributed by atoms with E-state index in [0.29, 0.717) is 0 Å². The largest absolute Gasteiger partial charge is 0.0831 e. The van der Waals surface area contributed by atoms with Gasteiger partial charge in [0, 0.05) is 5.66 Å². The van der Waals surface area contributed by atoms with Crippen LogP contribution in [0.3, 0.4) is 0 Å². The summed E-state index contributed by atoms with van der Waals surface area (Å²) in [6.45, 7) is 4.40. The van der Waals surface area contributed by atoms with Crippen LogP contribution in [0, 0.1) is 19.5 Å². The van der Waals surface area contributed by atoms with Gasteiger partial charge in [0.25, 0.3) is 0 Å². The molecule has 1 heteroatoms. The van der Waals surface area contributed by atoms with E-state index in [1.54, 1.807) is 11.0 Å². The lowest BCUT2D eigenvalue weighted by Crippen LogP contribution is -2.05. The minimum atomic E-state index is 0.963. The molecule has 1 aromatic carbocycles. The summed E-state index contributed by atoms with van der Waals surface area (Å²) in [6.07, 6.45) is 7.05. The van der Waals surface area contributed by atoms with E-state index in [1.165, 1.54) is 43.2 Å². The molecule has 1 aliphatic carbocycles. The minimum Gasteiger partial charge on any atom is -0.0831 e. The molecular formula is C14H20P. The molecule has 1 unspecified atom stereocenters. The predicted octanol–water partition coefficient (Wildman–Crippen LogP) is 4.10. The zero-order chi connectivity index (χ0) is 10.7. The van der Waals surface area contributed by atoms with Crippen LogP contribution < -0.4 is 5.30 Å². The Morgan fingerprint density at radius 1 is 0.867 bits per heavy atom. The summed E-state index contributed by atoms with van der Waals surface area (Å²) < 4.78 is 0. The maximum Gasteiger partial charge on any atom is 0.00146 e. The molecular weight excluding hydrogens is 199 g/mol. The van der Waals surface area contributed by atoms with E-state index in [-0.39, 0.29) is 0 Å². The Balaban J connectivity index is 2.02. The monoisotopic (exact) mass is 219 g/mol. The van der Waals surface area contributed by atoms with Crippen molar-refractivity contribution in [3.63, 3.8) is 0 Å². The smallest absolute Gasteiger partial charge is 0.00146 e. The third-order valence-electron chi connectivity index (χ3n) is 3.00. The van der Waals surface area contributed by atoms with Crippen molar-refractivity contribution in [2.45, 2.75) is 46.0 Å². The average molecular weight is 219 g/mol. The molecule has 15 heavy (non-hydrogen) atoms. The van der Waals surface area contributed by atoms with Gasteiger partial charge >= 0.3 is 0 Å². The van der Waals surface area contributed by atoms with Crippen LogP contribution in [-0.2, 0) is 0 Å². The van der Waals surface area contributed by atoms with E-state index in [0.717, 1.165) is 8.58 Å². The van der Waals surface area contributed by atoms with Crippen LogP contribution in [0.25, 0.3) is 0 Å². The van der Waals surface area contributed by atoms with Gasteiger partial charge in [0.05, 0.1) is 0 Å². The Morgan fingerprint density at radius 2 is 1.47 bits per heavy atom. The molecule has 1 aromatic rings. The van der Waals surface area contributed by atoms with E-state index in [9.17, 15) is 0 Å². The first kappa shape index (κ1) is 11.1. The van der Waals surface area contributed by atoms with E-state index >= 15 is 0 Å². The van der Waals surface area contributed by atoms with E-state index < -0.39 is 0 Å². The molecule has 1 aliphatic rings. The molecule has 81 valence electrons. The lowest BCUT2D eigenvalue weighted by Gasteiger charge is -2.21. The molecule has 0 heterocycles. The van der Waals surface area contributed by atoms with Crippen LogP contribution in [0.1, 0.15) is 43.2 Å². The van der Waals surface area contributed by atoms with Crippen molar-refractivity contribution in [2.75, 3.05) is 0 Å². The molecule has 0 aromatic heterocycles. The second kappa shape index (κ2) is 5.12. The highest BCUT2D eigenvalue weighted by Gasteiger charge is 2.14. The molecule has 1 radical (unpaired) electrons. The summed E-state index contributed by atoms with van der Waals surface area (Å²) in [5.74, 6) is 0. The van der Waals surface area contributed by atoms with Crippen LogP contribution in [0.4, 0.5) is 0 Å². The van der Waals surface area contributed by atoms with E-state index in [1.807, 2.05) is 0 Å². The summed E-state index contributed by atoms with van der Waals surface area (Å²) in [5, 5.41) is 1.55. The first-order chi connectivity index (χ1) is 7.24. The fourth-order valence-corrected chi connectivity index (χ4v) is 3.97. The topological polar surface area (TPSA) is 0 Å². The van der Waals surface area contributed by atoms with Crippen molar-refractivity contribution < 1.29 is 0 Å². The van der Waals surface area contributed by atoms with Crippen molar-refractivity contribution in [1.82, 2.24) is 0 Å². The highest BCUT2D eigenvalue weighted by molar-refractivity contribution is 7.50. The first-order valence-corrected chi connectivity index (χ1v) is 6.94. The quantitative estimate of drug-likeness (QED) is 0.657. The summed E-state index contributed by atoms with van der Waals surface area (Å²) in [4.78, 5) is 0. The normalized spacial score (nSPS) is 18.8. The number of hydrogen-bond donors (Lipinski definition) is 0. The van der Waals surface area contributed by atoms with Gasteiger partial charge in [0.15, 0.2) is 0 Å². The Hall–Kier alpha value is -0.350. The van der Waals surface area contributed by atoms with E-state index in [4.69, 9.17) is 0 Å². The second-order valence-electron chi connectivity index (χ2n) is 4.67. The van der Waals surface area contributed by atoms with Gasteiger partial charge in [-0.1, -0.05) is 57.2 Å². The van der Waals surface area contributed by atoms with Gasteiger partial charge in [0.2, 0.25) is 0 Å². The molecule has 0 N–H and O–H groups in total. The lowest BCUT2D eigenvalue weighted by atomic mass is 10.0. The van der Waals surface area contributed by atoms with Crippen LogP contribution in [0.5, 0.6) is 0 Å². The second-order valence-corrected chi connectivity index (χ2v) is 6.20. The average Bonchev–Trinajstić information content (AvgIpc) is 2.17.